The first-order valence-electron chi connectivity index (χ1n) is 6.08. The third kappa shape index (κ3) is 3.79. The van der Waals surface area contributed by atoms with Crippen LogP contribution in [0.4, 0.5) is 13.2 Å². The molecule has 2 rings (SSSR count). The molecular weight excluding hydrogens is 351 g/mol. The predicted octanol–water partition coefficient (Wildman–Crippen LogP) is 2.49. The van der Waals surface area contributed by atoms with Crippen LogP contribution in [0.2, 0.25) is 0 Å². The smallest absolute Gasteiger partial charge is 0.313 e. The molecule has 1 heterocycles. The standard InChI is InChI=1S/C12H13BrF3N5/c1-17-10(6-11-18-20-21(2)19-11)7-3-4-9(13)8(5-7)12(14,15)16/h3-5,10,17H,6H2,1-2H3. The molecule has 0 aliphatic heterocycles. The van der Waals surface area contributed by atoms with E-state index in [1.165, 1.54) is 10.9 Å². The molecule has 1 unspecified atom stereocenters. The summed E-state index contributed by atoms with van der Waals surface area (Å²) >= 11 is 2.93. The van der Waals surface area contributed by atoms with Gasteiger partial charge in [0.2, 0.25) is 0 Å². The SMILES string of the molecule is CNC(Cc1nnn(C)n1)c1ccc(Br)c(C(F)(F)F)c1. The quantitative estimate of drug-likeness (QED) is 0.906. The number of likely N-dealkylation sites (N-methyl/N-ethyl adjacent to an activating group) is 1. The van der Waals surface area contributed by atoms with Crippen molar-refractivity contribution in [1.82, 2.24) is 25.5 Å². The number of hydrogen-bond donors (Lipinski definition) is 1. The van der Waals surface area contributed by atoms with Crippen LogP contribution in [-0.4, -0.2) is 27.3 Å². The number of nitrogens with zero attached hydrogens (tertiary/aromatic N) is 4. The fourth-order valence-corrected chi connectivity index (χ4v) is 2.42. The highest BCUT2D eigenvalue weighted by molar-refractivity contribution is 9.10. The van der Waals surface area contributed by atoms with E-state index in [2.05, 4.69) is 36.7 Å². The zero-order valence-corrected chi connectivity index (χ0v) is 12.9. The second-order valence-electron chi connectivity index (χ2n) is 4.48. The van der Waals surface area contributed by atoms with Gasteiger partial charge in [-0.15, -0.1) is 10.2 Å². The van der Waals surface area contributed by atoms with E-state index in [-0.39, 0.29) is 10.5 Å². The molecule has 0 aliphatic rings. The summed E-state index contributed by atoms with van der Waals surface area (Å²) in [7, 11) is 3.31. The summed E-state index contributed by atoms with van der Waals surface area (Å²) < 4.78 is 38.8. The summed E-state index contributed by atoms with van der Waals surface area (Å²) in [5.41, 5.74) is -0.187. The summed E-state index contributed by atoms with van der Waals surface area (Å²) in [6.45, 7) is 0. The Hall–Kier alpha value is -1.48. The van der Waals surface area contributed by atoms with Crippen molar-refractivity contribution in [2.45, 2.75) is 18.6 Å². The van der Waals surface area contributed by atoms with Crippen molar-refractivity contribution in [1.29, 1.82) is 0 Å². The third-order valence-corrected chi connectivity index (χ3v) is 3.67. The lowest BCUT2D eigenvalue weighted by atomic mass is 10.0. The first-order valence-corrected chi connectivity index (χ1v) is 6.87. The number of tetrazole rings is 1. The molecule has 1 atom stereocenters. The predicted molar refractivity (Wildman–Crippen MR) is 73.4 cm³/mol. The summed E-state index contributed by atoms with van der Waals surface area (Å²) in [5, 5.41) is 14.6. The molecule has 1 aromatic heterocycles. The molecule has 0 spiro atoms. The highest BCUT2D eigenvalue weighted by Gasteiger charge is 2.33. The van der Waals surface area contributed by atoms with Crippen molar-refractivity contribution in [3.05, 3.63) is 39.6 Å². The largest absolute Gasteiger partial charge is 0.417 e. The van der Waals surface area contributed by atoms with Gasteiger partial charge in [0.15, 0.2) is 5.82 Å². The molecule has 0 radical (unpaired) electrons. The van der Waals surface area contributed by atoms with E-state index >= 15 is 0 Å². The molecule has 0 bridgehead atoms. The molecule has 1 N–H and O–H groups in total. The second kappa shape index (κ2) is 6.10. The zero-order chi connectivity index (χ0) is 15.6. The van der Waals surface area contributed by atoms with Crippen molar-refractivity contribution >= 4 is 15.9 Å². The number of aryl methyl sites for hydroxylation is 1. The molecule has 1 aromatic carbocycles. The van der Waals surface area contributed by atoms with Crippen molar-refractivity contribution in [3.8, 4) is 0 Å². The summed E-state index contributed by atoms with van der Waals surface area (Å²) in [6.07, 6.45) is -4.05. The van der Waals surface area contributed by atoms with Crippen molar-refractivity contribution in [2.75, 3.05) is 7.05 Å². The van der Waals surface area contributed by atoms with Gasteiger partial charge < -0.3 is 5.32 Å². The van der Waals surface area contributed by atoms with E-state index < -0.39 is 11.7 Å². The first kappa shape index (κ1) is 15.9. The highest BCUT2D eigenvalue weighted by Crippen LogP contribution is 2.36. The van der Waals surface area contributed by atoms with Gasteiger partial charge in [-0.05, 0) is 30.0 Å². The van der Waals surface area contributed by atoms with Gasteiger partial charge in [0.1, 0.15) is 0 Å². The molecule has 0 amide bonds. The number of aromatic nitrogens is 4. The number of benzene rings is 1. The minimum atomic E-state index is -4.40. The third-order valence-electron chi connectivity index (χ3n) is 2.98. The van der Waals surface area contributed by atoms with Crippen molar-refractivity contribution in [3.63, 3.8) is 0 Å². The van der Waals surface area contributed by atoms with Gasteiger partial charge in [0, 0.05) is 16.9 Å². The average molecular weight is 364 g/mol. The van der Waals surface area contributed by atoms with Gasteiger partial charge in [0.05, 0.1) is 12.6 Å². The van der Waals surface area contributed by atoms with Crippen LogP contribution >= 0.6 is 15.9 Å². The van der Waals surface area contributed by atoms with E-state index in [9.17, 15) is 13.2 Å². The molecule has 0 saturated heterocycles. The Kier molecular flexibility index (Phi) is 4.62. The van der Waals surface area contributed by atoms with Crippen LogP contribution in [0, 0.1) is 0 Å². The molecule has 5 nitrogen and oxygen atoms in total. The molecule has 114 valence electrons. The Balaban J connectivity index is 2.30. The molecule has 21 heavy (non-hydrogen) atoms. The van der Waals surface area contributed by atoms with Gasteiger partial charge in [-0.3, -0.25) is 0 Å². The molecule has 2 aromatic rings. The maximum Gasteiger partial charge on any atom is 0.417 e. The second-order valence-corrected chi connectivity index (χ2v) is 5.33. The Labute approximate surface area is 127 Å². The van der Waals surface area contributed by atoms with Crippen LogP contribution in [0.1, 0.15) is 23.0 Å². The van der Waals surface area contributed by atoms with Crippen molar-refractivity contribution < 1.29 is 13.2 Å². The number of halogens is 4. The lowest BCUT2D eigenvalue weighted by Gasteiger charge is -2.17. The molecule has 9 heteroatoms. The summed E-state index contributed by atoms with van der Waals surface area (Å²) in [4.78, 5) is 1.31. The van der Waals surface area contributed by atoms with Crippen LogP contribution in [0.3, 0.4) is 0 Å². The Bertz CT molecular complexity index is 626. The summed E-state index contributed by atoms with van der Waals surface area (Å²) in [5.74, 6) is 0.466. The normalized spacial score (nSPS) is 13.4. The average Bonchev–Trinajstić information content (AvgIpc) is 2.81. The topological polar surface area (TPSA) is 55.6 Å². The number of alkyl halides is 3. The number of nitrogens with one attached hydrogen (secondary N) is 1. The van der Waals surface area contributed by atoms with Crippen molar-refractivity contribution in [2.24, 2.45) is 7.05 Å². The van der Waals surface area contributed by atoms with Gasteiger partial charge >= 0.3 is 6.18 Å². The fraction of sp³-hybridized carbons (Fsp3) is 0.417. The van der Waals surface area contributed by atoms with Crippen LogP contribution in [0.5, 0.6) is 0 Å². The fourth-order valence-electron chi connectivity index (χ4n) is 1.95. The molecule has 0 saturated carbocycles. The Morgan fingerprint density at radius 2 is 2.10 bits per heavy atom. The van der Waals surface area contributed by atoms with Crippen LogP contribution in [0.25, 0.3) is 0 Å². The van der Waals surface area contributed by atoms with Gasteiger partial charge in [-0.25, -0.2) is 0 Å². The van der Waals surface area contributed by atoms with Crippen LogP contribution < -0.4 is 5.32 Å². The van der Waals surface area contributed by atoms with E-state index in [1.54, 1.807) is 20.2 Å². The summed E-state index contributed by atoms with van der Waals surface area (Å²) in [6, 6.07) is 3.83. The zero-order valence-electron chi connectivity index (χ0n) is 11.3. The van der Waals surface area contributed by atoms with Gasteiger partial charge in [-0.1, -0.05) is 22.0 Å². The van der Waals surface area contributed by atoms with E-state index in [0.29, 0.717) is 17.8 Å². The van der Waals surface area contributed by atoms with Crippen LogP contribution in [0.15, 0.2) is 22.7 Å². The number of hydrogen-bond acceptors (Lipinski definition) is 4. The maximum absolute atomic E-state index is 12.9. The highest BCUT2D eigenvalue weighted by atomic mass is 79.9. The maximum atomic E-state index is 12.9. The van der Waals surface area contributed by atoms with Gasteiger partial charge in [0.25, 0.3) is 0 Å². The lowest BCUT2D eigenvalue weighted by molar-refractivity contribution is -0.138. The van der Waals surface area contributed by atoms with E-state index in [1.807, 2.05) is 0 Å². The molecular formula is C12H13BrF3N5. The van der Waals surface area contributed by atoms with Crippen LogP contribution in [-0.2, 0) is 19.6 Å². The Morgan fingerprint density at radius 3 is 2.62 bits per heavy atom. The first-order chi connectivity index (χ1) is 9.81. The molecule has 0 aliphatic carbocycles. The van der Waals surface area contributed by atoms with E-state index in [4.69, 9.17) is 0 Å². The minimum Gasteiger partial charge on any atom is -0.313 e. The monoisotopic (exact) mass is 363 g/mol. The van der Waals surface area contributed by atoms with Gasteiger partial charge in [-0.2, -0.15) is 18.0 Å². The minimum absolute atomic E-state index is 0.0197. The lowest BCUT2D eigenvalue weighted by Crippen LogP contribution is -2.20. The Morgan fingerprint density at radius 1 is 1.38 bits per heavy atom. The van der Waals surface area contributed by atoms with E-state index in [0.717, 1.165) is 6.07 Å². The molecule has 0 fully saturated rings. The number of rotatable bonds is 4.